The molecule has 2 aromatic carbocycles. The Balaban J connectivity index is 1.95. The standard InChI is InChI=1S/C27H28N2O4S2/c1-6-32-26(31)23-17(4)28-27-29(24(23)20-9-7-8-10-21(20)33-16(2)3)25(30)22(35-27)15-18-11-13-19(34-5)14-12-18/h7-16,24H,6H2,1-5H3/b22-15+/t24-/m0/s1. The lowest BCUT2D eigenvalue weighted by molar-refractivity contribution is -0.139. The van der Waals surface area contributed by atoms with Gasteiger partial charge in [0.2, 0.25) is 0 Å². The first-order valence-electron chi connectivity index (χ1n) is 11.4. The van der Waals surface area contributed by atoms with Crippen molar-refractivity contribution in [1.29, 1.82) is 0 Å². The third-order valence-corrected chi connectivity index (χ3v) is 7.23. The van der Waals surface area contributed by atoms with Crippen LogP contribution in [0.25, 0.3) is 6.08 Å². The van der Waals surface area contributed by atoms with Crippen LogP contribution in [0.1, 0.15) is 44.9 Å². The molecule has 0 saturated carbocycles. The second-order valence-electron chi connectivity index (χ2n) is 8.28. The molecule has 3 aromatic rings. The van der Waals surface area contributed by atoms with Crippen LogP contribution in [-0.4, -0.2) is 29.5 Å². The zero-order valence-electron chi connectivity index (χ0n) is 20.4. The van der Waals surface area contributed by atoms with Crippen molar-refractivity contribution in [1.82, 2.24) is 4.57 Å². The number of carbonyl (C=O) groups is 1. The largest absolute Gasteiger partial charge is 0.491 e. The van der Waals surface area contributed by atoms with Crippen molar-refractivity contribution in [2.24, 2.45) is 4.99 Å². The molecule has 0 amide bonds. The van der Waals surface area contributed by atoms with E-state index in [0.717, 1.165) is 16.0 Å². The van der Waals surface area contributed by atoms with Crippen molar-refractivity contribution in [2.75, 3.05) is 12.9 Å². The maximum Gasteiger partial charge on any atom is 0.338 e. The monoisotopic (exact) mass is 508 g/mol. The van der Waals surface area contributed by atoms with Gasteiger partial charge in [-0.2, -0.15) is 0 Å². The summed E-state index contributed by atoms with van der Waals surface area (Å²) in [4.78, 5) is 33.2. The van der Waals surface area contributed by atoms with Gasteiger partial charge in [-0.25, -0.2) is 9.79 Å². The van der Waals surface area contributed by atoms with Crippen LogP contribution in [0.2, 0.25) is 0 Å². The lowest BCUT2D eigenvalue weighted by atomic mass is 9.95. The fraction of sp³-hybridized carbons (Fsp3) is 0.296. The summed E-state index contributed by atoms with van der Waals surface area (Å²) < 4.78 is 13.6. The Hall–Kier alpha value is -3.10. The molecule has 1 atom stereocenters. The van der Waals surface area contributed by atoms with E-state index in [1.807, 2.05) is 74.7 Å². The number of ether oxygens (including phenoxy) is 2. The highest BCUT2D eigenvalue weighted by atomic mass is 32.2. The summed E-state index contributed by atoms with van der Waals surface area (Å²) in [6.07, 6.45) is 3.81. The van der Waals surface area contributed by atoms with Gasteiger partial charge in [-0.1, -0.05) is 41.7 Å². The van der Waals surface area contributed by atoms with Crippen LogP contribution in [0, 0.1) is 0 Å². The van der Waals surface area contributed by atoms with Gasteiger partial charge in [0.05, 0.1) is 28.5 Å². The number of nitrogens with zero attached hydrogens (tertiary/aromatic N) is 2. The molecule has 0 fully saturated rings. The zero-order valence-corrected chi connectivity index (χ0v) is 22.0. The summed E-state index contributed by atoms with van der Waals surface area (Å²) >= 11 is 2.98. The molecule has 35 heavy (non-hydrogen) atoms. The fourth-order valence-corrected chi connectivity index (χ4v) is 5.46. The Morgan fingerprint density at radius 1 is 1.20 bits per heavy atom. The summed E-state index contributed by atoms with van der Waals surface area (Å²) in [7, 11) is 0. The lowest BCUT2D eigenvalue weighted by Gasteiger charge is -2.26. The minimum Gasteiger partial charge on any atom is -0.491 e. The van der Waals surface area contributed by atoms with E-state index in [1.165, 1.54) is 11.3 Å². The summed E-state index contributed by atoms with van der Waals surface area (Å²) in [5, 5.41) is 0. The number of rotatable bonds is 7. The van der Waals surface area contributed by atoms with Gasteiger partial charge < -0.3 is 9.47 Å². The Morgan fingerprint density at radius 2 is 1.91 bits per heavy atom. The minimum atomic E-state index is -0.707. The van der Waals surface area contributed by atoms with Gasteiger partial charge >= 0.3 is 5.97 Å². The minimum absolute atomic E-state index is 0.0765. The van der Waals surface area contributed by atoms with Crippen LogP contribution in [0.5, 0.6) is 5.75 Å². The van der Waals surface area contributed by atoms with Crippen LogP contribution in [0.3, 0.4) is 0 Å². The smallest absolute Gasteiger partial charge is 0.338 e. The van der Waals surface area contributed by atoms with Gasteiger partial charge in [0.25, 0.3) is 5.56 Å². The summed E-state index contributed by atoms with van der Waals surface area (Å²) in [5.74, 6) is 0.131. The van der Waals surface area contributed by atoms with Crippen LogP contribution < -0.4 is 19.6 Å². The quantitative estimate of drug-likeness (QED) is 0.351. The molecule has 182 valence electrons. The van der Waals surface area contributed by atoms with E-state index < -0.39 is 12.0 Å². The number of benzene rings is 2. The molecule has 4 rings (SSSR count). The first-order valence-corrected chi connectivity index (χ1v) is 13.5. The van der Waals surface area contributed by atoms with Crippen molar-refractivity contribution in [2.45, 2.75) is 44.7 Å². The first kappa shape index (κ1) is 25.0. The van der Waals surface area contributed by atoms with E-state index in [2.05, 4.69) is 4.99 Å². The number of allylic oxidation sites excluding steroid dienone is 1. The molecule has 0 N–H and O–H groups in total. The number of hydrogen-bond acceptors (Lipinski definition) is 7. The highest BCUT2D eigenvalue weighted by Gasteiger charge is 2.35. The number of hydrogen-bond donors (Lipinski definition) is 0. The van der Waals surface area contributed by atoms with Gasteiger partial charge in [-0.3, -0.25) is 9.36 Å². The van der Waals surface area contributed by atoms with Crippen molar-refractivity contribution >= 4 is 35.1 Å². The average molecular weight is 509 g/mol. The predicted molar refractivity (Wildman–Crippen MR) is 141 cm³/mol. The average Bonchev–Trinajstić information content (AvgIpc) is 3.13. The molecule has 0 spiro atoms. The molecule has 0 aliphatic carbocycles. The maximum atomic E-state index is 13.8. The molecular formula is C27H28N2O4S2. The van der Waals surface area contributed by atoms with Gasteiger partial charge in [0, 0.05) is 10.5 Å². The molecule has 0 saturated heterocycles. The molecule has 0 radical (unpaired) electrons. The topological polar surface area (TPSA) is 69.9 Å². The second kappa shape index (κ2) is 10.7. The maximum absolute atomic E-state index is 13.8. The Bertz CT molecular complexity index is 1450. The van der Waals surface area contributed by atoms with E-state index in [0.29, 0.717) is 26.4 Å². The van der Waals surface area contributed by atoms with Crippen LogP contribution in [0.4, 0.5) is 0 Å². The molecule has 1 aliphatic heterocycles. The normalized spacial score (nSPS) is 15.7. The van der Waals surface area contributed by atoms with Crippen molar-refractivity contribution in [3.05, 3.63) is 90.6 Å². The van der Waals surface area contributed by atoms with E-state index in [4.69, 9.17) is 9.47 Å². The number of aromatic nitrogens is 1. The van der Waals surface area contributed by atoms with Crippen molar-refractivity contribution < 1.29 is 14.3 Å². The molecule has 8 heteroatoms. The van der Waals surface area contributed by atoms with Crippen molar-refractivity contribution in [3.63, 3.8) is 0 Å². The van der Waals surface area contributed by atoms with E-state index in [1.54, 1.807) is 30.2 Å². The molecule has 0 unspecified atom stereocenters. The zero-order chi connectivity index (χ0) is 25.1. The van der Waals surface area contributed by atoms with Crippen LogP contribution >= 0.6 is 23.1 Å². The number of thiazole rings is 1. The summed E-state index contributed by atoms with van der Waals surface area (Å²) in [6, 6.07) is 14.8. The summed E-state index contributed by atoms with van der Waals surface area (Å²) in [5.41, 5.74) is 2.31. The molecule has 1 aromatic heterocycles. The van der Waals surface area contributed by atoms with Gasteiger partial charge in [0.1, 0.15) is 11.8 Å². The summed E-state index contributed by atoms with van der Waals surface area (Å²) in [6.45, 7) is 7.65. The highest BCUT2D eigenvalue weighted by Crippen LogP contribution is 2.36. The Morgan fingerprint density at radius 3 is 2.57 bits per heavy atom. The number of fused-ring (bicyclic) bond motifs is 1. The van der Waals surface area contributed by atoms with Gasteiger partial charge in [-0.15, -0.1) is 11.8 Å². The highest BCUT2D eigenvalue weighted by molar-refractivity contribution is 7.98. The van der Waals surface area contributed by atoms with Gasteiger partial charge in [0.15, 0.2) is 4.80 Å². The Kier molecular flexibility index (Phi) is 7.62. The number of esters is 1. The lowest BCUT2D eigenvalue weighted by Crippen LogP contribution is -2.40. The third-order valence-electron chi connectivity index (χ3n) is 5.51. The van der Waals surface area contributed by atoms with E-state index in [-0.39, 0.29) is 18.3 Å². The third kappa shape index (κ3) is 5.13. The fourth-order valence-electron chi connectivity index (χ4n) is 4.00. The Labute approximate surface area is 212 Å². The number of carbonyl (C=O) groups excluding carboxylic acids is 1. The molecule has 1 aliphatic rings. The molecular weight excluding hydrogens is 480 g/mol. The predicted octanol–water partition coefficient (Wildman–Crippen LogP) is 4.31. The first-order chi connectivity index (χ1) is 16.8. The molecule has 0 bridgehead atoms. The van der Waals surface area contributed by atoms with Crippen LogP contribution in [-0.2, 0) is 9.53 Å². The van der Waals surface area contributed by atoms with Gasteiger partial charge in [-0.05, 0) is 63.8 Å². The second-order valence-corrected chi connectivity index (χ2v) is 10.2. The number of para-hydroxylation sites is 1. The number of thioether (sulfide) groups is 1. The molecule has 6 nitrogen and oxygen atoms in total. The van der Waals surface area contributed by atoms with Crippen LogP contribution in [0.15, 0.2) is 74.5 Å². The van der Waals surface area contributed by atoms with E-state index in [9.17, 15) is 9.59 Å². The van der Waals surface area contributed by atoms with Crippen molar-refractivity contribution in [3.8, 4) is 5.75 Å². The molecule has 2 heterocycles. The SMILES string of the molecule is CCOC(=O)C1=C(C)N=c2s/c(=C/c3ccc(SC)cc3)c(=O)n2[C@H]1c1ccccc1OC(C)C. The van der Waals surface area contributed by atoms with E-state index >= 15 is 0 Å².